The summed E-state index contributed by atoms with van der Waals surface area (Å²) in [4.78, 5) is 14.3. The van der Waals surface area contributed by atoms with E-state index in [1.54, 1.807) is 0 Å². The summed E-state index contributed by atoms with van der Waals surface area (Å²) in [6.45, 7) is 9.90. The number of hydrogen-bond donors (Lipinski definition) is 0. The summed E-state index contributed by atoms with van der Waals surface area (Å²) in [5, 5.41) is 0. The number of likely N-dealkylation sites (tertiary alicyclic amines) is 1. The monoisotopic (exact) mass is 275 g/mol. The van der Waals surface area contributed by atoms with Crippen LogP contribution in [0, 0.1) is 19.8 Å². The van der Waals surface area contributed by atoms with Crippen molar-refractivity contribution in [1.82, 2.24) is 4.90 Å². The second-order valence-electron chi connectivity index (χ2n) is 6.04. The number of carbonyl (C=O) groups excluding carboxylic acids is 1. The van der Waals surface area contributed by atoms with Gasteiger partial charge in [-0.15, -0.1) is 0 Å². The van der Waals surface area contributed by atoms with Crippen LogP contribution in [0.1, 0.15) is 37.8 Å². The molecule has 2 atom stereocenters. The normalized spacial score (nSPS) is 20.6. The first-order valence-corrected chi connectivity index (χ1v) is 7.50. The maximum atomic E-state index is 12.4. The van der Waals surface area contributed by atoms with Gasteiger partial charge in [-0.1, -0.05) is 13.0 Å². The highest BCUT2D eigenvalue weighted by atomic mass is 16.5. The standard InChI is InChI=1S/C17H25NO2/c1-12-6-5-9-18(11-12)17(19)15(4)20-16-8-7-13(2)14(3)10-16/h7-8,10,12,15H,5-6,9,11H2,1-4H3/t12-,15+/m0/s1. The van der Waals surface area contributed by atoms with Crippen LogP contribution in [-0.4, -0.2) is 30.0 Å². The third-order valence-corrected chi connectivity index (χ3v) is 4.11. The van der Waals surface area contributed by atoms with Crippen LogP contribution < -0.4 is 4.74 Å². The maximum Gasteiger partial charge on any atom is 0.263 e. The van der Waals surface area contributed by atoms with Gasteiger partial charge in [-0.05, 0) is 62.8 Å². The van der Waals surface area contributed by atoms with Crippen molar-refractivity contribution < 1.29 is 9.53 Å². The first-order chi connectivity index (χ1) is 9.47. The fourth-order valence-corrected chi connectivity index (χ4v) is 2.69. The van der Waals surface area contributed by atoms with Crippen LogP contribution in [0.5, 0.6) is 5.75 Å². The van der Waals surface area contributed by atoms with E-state index in [9.17, 15) is 4.79 Å². The molecule has 110 valence electrons. The molecule has 1 saturated heterocycles. The molecule has 1 aromatic rings. The van der Waals surface area contributed by atoms with E-state index in [1.165, 1.54) is 17.5 Å². The van der Waals surface area contributed by atoms with Gasteiger partial charge in [-0.3, -0.25) is 4.79 Å². The lowest BCUT2D eigenvalue weighted by molar-refractivity contribution is -0.139. The summed E-state index contributed by atoms with van der Waals surface area (Å²) < 4.78 is 5.81. The molecule has 0 N–H and O–H groups in total. The van der Waals surface area contributed by atoms with Gasteiger partial charge >= 0.3 is 0 Å². The largest absolute Gasteiger partial charge is 0.481 e. The van der Waals surface area contributed by atoms with Crippen LogP contribution >= 0.6 is 0 Å². The smallest absolute Gasteiger partial charge is 0.263 e. The zero-order chi connectivity index (χ0) is 14.7. The topological polar surface area (TPSA) is 29.5 Å². The van der Waals surface area contributed by atoms with Crippen molar-refractivity contribution in [2.75, 3.05) is 13.1 Å². The van der Waals surface area contributed by atoms with Crippen LogP contribution in [-0.2, 0) is 4.79 Å². The van der Waals surface area contributed by atoms with Gasteiger partial charge in [0.25, 0.3) is 5.91 Å². The van der Waals surface area contributed by atoms with Gasteiger partial charge in [-0.25, -0.2) is 0 Å². The quantitative estimate of drug-likeness (QED) is 0.847. The van der Waals surface area contributed by atoms with Gasteiger partial charge in [0, 0.05) is 13.1 Å². The molecule has 1 aliphatic rings. The van der Waals surface area contributed by atoms with Crippen molar-refractivity contribution in [1.29, 1.82) is 0 Å². The zero-order valence-corrected chi connectivity index (χ0v) is 13.0. The van der Waals surface area contributed by atoms with Gasteiger partial charge < -0.3 is 9.64 Å². The molecule has 1 fully saturated rings. The van der Waals surface area contributed by atoms with E-state index in [1.807, 2.05) is 30.0 Å². The van der Waals surface area contributed by atoms with E-state index >= 15 is 0 Å². The first-order valence-electron chi connectivity index (χ1n) is 7.50. The number of hydrogen-bond acceptors (Lipinski definition) is 2. The van der Waals surface area contributed by atoms with Crippen LogP contribution in [0.3, 0.4) is 0 Å². The molecule has 0 aliphatic carbocycles. The summed E-state index contributed by atoms with van der Waals surface area (Å²) >= 11 is 0. The molecule has 2 rings (SSSR count). The number of benzene rings is 1. The Morgan fingerprint density at radius 3 is 2.75 bits per heavy atom. The molecule has 0 saturated carbocycles. The Kier molecular flexibility index (Phi) is 4.69. The van der Waals surface area contributed by atoms with E-state index < -0.39 is 6.10 Å². The molecule has 1 heterocycles. The van der Waals surface area contributed by atoms with Gasteiger partial charge in [0.05, 0.1) is 0 Å². The molecular weight excluding hydrogens is 250 g/mol. The number of ether oxygens (including phenoxy) is 1. The highest BCUT2D eigenvalue weighted by molar-refractivity contribution is 5.81. The summed E-state index contributed by atoms with van der Waals surface area (Å²) in [5.74, 6) is 1.48. The lowest BCUT2D eigenvalue weighted by Crippen LogP contribution is -2.45. The second-order valence-corrected chi connectivity index (χ2v) is 6.04. The molecule has 3 heteroatoms. The Balaban J connectivity index is 1.98. The minimum atomic E-state index is -0.414. The lowest BCUT2D eigenvalue weighted by Gasteiger charge is -2.32. The predicted octanol–water partition coefficient (Wildman–Crippen LogP) is 3.33. The first kappa shape index (κ1) is 14.9. The Hall–Kier alpha value is -1.51. The van der Waals surface area contributed by atoms with Crippen LogP contribution in [0.15, 0.2) is 18.2 Å². The summed E-state index contributed by atoms with van der Waals surface area (Å²) in [7, 11) is 0. The van der Waals surface area contributed by atoms with Crippen molar-refractivity contribution in [2.24, 2.45) is 5.92 Å². The zero-order valence-electron chi connectivity index (χ0n) is 13.0. The molecule has 1 aliphatic heterocycles. The minimum absolute atomic E-state index is 0.106. The summed E-state index contributed by atoms with van der Waals surface area (Å²) in [5.41, 5.74) is 2.43. The van der Waals surface area contributed by atoms with Crippen molar-refractivity contribution in [3.8, 4) is 5.75 Å². The average molecular weight is 275 g/mol. The molecule has 0 spiro atoms. The third-order valence-electron chi connectivity index (χ3n) is 4.11. The van der Waals surface area contributed by atoms with Crippen LogP contribution in [0.25, 0.3) is 0 Å². The molecule has 0 aromatic heterocycles. The predicted molar refractivity (Wildman–Crippen MR) is 81.0 cm³/mol. The molecule has 20 heavy (non-hydrogen) atoms. The molecule has 0 bridgehead atoms. The molecule has 3 nitrogen and oxygen atoms in total. The van der Waals surface area contributed by atoms with Gasteiger partial charge in [-0.2, -0.15) is 0 Å². The summed E-state index contributed by atoms with van der Waals surface area (Å²) in [6.07, 6.45) is 1.90. The average Bonchev–Trinajstić information content (AvgIpc) is 2.42. The number of amides is 1. The van der Waals surface area contributed by atoms with Gasteiger partial charge in [0.15, 0.2) is 6.10 Å². The minimum Gasteiger partial charge on any atom is -0.481 e. The number of piperidine rings is 1. The molecule has 0 radical (unpaired) electrons. The Bertz CT molecular complexity index is 484. The van der Waals surface area contributed by atoms with E-state index in [0.29, 0.717) is 5.92 Å². The Morgan fingerprint density at radius 2 is 2.10 bits per heavy atom. The maximum absolute atomic E-state index is 12.4. The number of nitrogens with zero attached hydrogens (tertiary/aromatic N) is 1. The fraction of sp³-hybridized carbons (Fsp3) is 0.588. The van der Waals surface area contributed by atoms with Crippen molar-refractivity contribution in [2.45, 2.75) is 46.6 Å². The summed E-state index contributed by atoms with van der Waals surface area (Å²) in [6, 6.07) is 5.97. The van der Waals surface area contributed by atoms with Crippen molar-refractivity contribution in [3.05, 3.63) is 29.3 Å². The molecule has 1 aromatic carbocycles. The second kappa shape index (κ2) is 6.29. The molecule has 0 unspecified atom stereocenters. The number of aryl methyl sites for hydroxylation is 2. The van der Waals surface area contributed by atoms with Crippen molar-refractivity contribution >= 4 is 5.91 Å². The van der Waals surface area contributed by atoms with Gasteiger partial charge in [0.1, 0.15) is 5.75 Å². The molecule has 1 amide bonds. The van der Waals surface area contributed by atoms with E-state index in [4.69, 9.17) is 4.74 Å². The number of carbonyl (C=O) groups is 1. The van der Waals surface area contributed by atoms with E-state index in [0.717, 1.165) is 25.3 Å². The molecular formula is C17H25NO2. The van der Waals surface area contributed by atoms with Crippen LogP contribution in [0.4, 0.5) is 0 Å². The number of rotatable bonds is 3. The third kappa shape index (κ3) is 3.53. The van der Waals surface area contributed by atoms with Crippen LogP contribution in [0.2, 0.25) is 0 Å². The SMILES string of the molecule is Cc1ccc(O[C@H](C)C(=O)N2CCC[C@H](C)C2)cc1C. The van der Waals surface area contributed by atoms with E-state index in [-0.39, 0.29) is 5.91 Å². The Labute approximate surface area is 121 Å². The fourth-order valence-electron chi connectivity index (χ4n) is 2.69. The highest BCUT2D eigenvalue weighted by Gasteiger charge is 2.26. The highest BCUT2D eigenvalue weighted by Crippen LogP contribution is 2.20. The lowest BCUT2D eigenvalue weighted by atomic mass is 10.00. The van der Waals surface area contributed by atoms with E-state index in [2.05, 4.69) is 20.8 Å². The Morgan fingerprint density at radius 1 is 1.35 bits per heavy atom. The van der Waals surface area contributed by atoms with Crippen molar-refractivity contribution in [3.63, 3.8) is 0 Å². The van der Waals surface area contributed by atoms with Gasteiger partial charge in [0.2, 0.25) is 0 Å².